The second-order valence-corrected chi connectivity index (χ2v) is 18.4. The van der Waals surface area contributed by atoms with Crippen molar-refractivity contribution in [2.75, 3.05) is 4.90 Å². The van der Waals surface area contributed by atoms with Crippen LogP contribution in [0.15, 0.2) is 246 Å². The van der Waals surface area contributed by atoms with Crippen LogP contribution in [0.25, 0.3) is 115 Å². The number of para-hydroxylation sites is 3. The first-order valence-corrected chi connectivity index (χ1v) is 23.9. The number of hydrogen-bond acceptors (Lipinski definition) is 7. The first-order chi connectivity index (χ1) is 35.9. The molecule has 0 radical (unpaired) electrons. The van der Waals surface area contributed by atoms with Crippen LogP contribution in [0, 0.1) is 0 Å². The maximum Gasteiger partial charge on any atom is 0.336 e. The molecule has 0 saturated carbocycles. The molecule has 0 aliphatic rings. The highest BCUT2D eigenvalue weighted by molar-refractivity contribution is 6.14. The highest BCUT2D eigenvalue weighted by Gasteiger charge is 2.22. The second-order valence-electron chi connectivity index (χ2n) is 18.4. The van der Waals surface area contributed by atoms with Crippen molar-refractivity contribution in [1.82, 2.24) is 13.7 Å². The summed E-state index contributed by atoms with van der Waals surface area (Å²) < 4.78 is 23.7. The fraction of sp³-hybridized carbons (Fsp3) is 0. The van der Waals surface area contributed by atoms with Crippen molar-refractivity contribution in [3.8, 4) is 17.1 Å². The first-order valence-electron chi connectivity index (χ1n) is 23.9. The van der Waals surface area contributed by atoms with Gasteiger partial charge >= 0.3 is 16.9 Å². The van der Waals surface area contributed by atoms with Crippen molar-refractivity contribution >= 4 is 115 Å². The van der Waals surface area contributed by atoms with E-state index >= 15 is 0 Å². The molecule has 0 atom stereocenters. The van der Waals surface area contributed by atoms with Gasteiger partial charge in [0, 0.05) is 119 Å². The Kier molecular flexibility index (Phi) is 8.58. The minimum absolute atomic E-state index is 0.394. The first kappa shape index (κ1) is 40.7. The van der Waals surface area contributed by atoms with Crippen LogP contribution < -0.4 is 21.8 Å². The van der Waals surface area contributed by atoms with E-state index < -0.39 is 16.9 Å². The van der Waals surface area contributed by atoms with Crippen LogP contribution in [0.5, 0.6) is 0 Å². The zero-order valence-electron chi connectivity index (χ0n) is 38.5. The Balaban J connectivity index is 0.970. The van der Waals surface area contributed by atoms with Crippen LogP contribution in [-0.4, -0.2) is 13.7 Å². The fourth-order valence-electron chi connectivity index (χ4n) is 11.1. The molecule has 344 valence electrons. The number of hydrogen-bond donors (Lipinski definition) is 0. The predicted octanol–water partition coefficient (Wildman–Crippen LogP) is 14.8. The van der Waals surface area contributed by atoms with Gasteiger partial charge in [0.15, 0.2) is 0 Å². The van der Waals surface area contributed by atoms with E-state index in [0.29, 0.717) is 16.7 Å². The molecule has 0 unspecified atom stereocenters. The van der Waals surface area contributed by atoms with Gasteiger partial charge < -0.3 is 31.9 Å². The molecule has 0 fully saturated rings. The van der Waals surface area contributed by atoms with Crippen molar-refractivity contribution in [3.63, 3.8) is 0 Å². The number of nitrogens with zero attached hydrogens (tertiary/aromatic N) is 4. The Morgan fingerprint density at radius 1 is 0.274 bits per heavy atom. The summed E-state index contributed by atoms with van der Waals surface area (Å²) in [5.74, 6) is 0. The summed E-state index contributed by atoms with van der Waals surface area (Å²) in [6.45, 7) is 0. The number of aromatic nitrogens is 3. The number of benzene rings is 9. The lowest BCUT2D eigenvalue weighted by Gasteiger charge is -2.26. The van der Waals surface area contributed by atoms with Crippen molar-refractivity contribution in [3.05, 3.63) is 250 Å². The van der Waals surface area contributed by atoms with E-state index in [1.807, 2.05) is 54.6 Å². The highest BCUT2D eigenvalue weighted by Crippen LogP contribution is 2.45. The third kappa shape index (κ3) is 6.27. The molecule has 0 bridgehead atoms. The Morgan fingerprint density at radius 2 is 0.562 bits per heavy atom. The summed E-state index contributed by atoms with van der Waals surface area (Å²) in [7, 11) is 0. The van der Waals surface area contributed by atoms with Gasteiger partial charge in [-0.25, -0.2) is 14.4 Å². The summed E-state index contributed by atoms with van der Waals surface area (Å²) in [5.41, 5.74) is 11.9. The molecule has 0 saturated heterocycles. The minimum atomic E-state index is -0.394. The largest absolute Gasteiger partial charge is 0.423 e. The van der Waals surface area contributed by atoms with Crippen molar-refractivity contribution in [2.24, 2.45) is 0 Å². The molecular formula is C63H36N4O6. The van der Waals surface area contributed by atoms with Gasteiger partial charge in [0.05, 0.1) is 33.1 Å². The standard InChI is InChI=1S/C63H36N4O6/c68-61-28-16-37-13-19-43(34-58(37)71-61)65-52-10-4-1-7-46(52)49-31-40(22-25-55(49)65)64(41-23-26-56-50(32-41)47-8-2-5-11-53(47)66(56)44-20-14-38-17-29-62(69)72-59(38)35-44)42-24-27-57-51(33-42)48-9-3-6-12-54(48)67(57)45-21-15-39-18-30-63(70)73-60(39)36-45/h1-36H. The molecule has 73 heavy (non-hydrogen) atoms. The van der Waals surface area contributed by atoms with Gasteiger partial charge in [-0.05, 0) is 127 Å². The van der Waals surface area contributed by atoms with Crippen molar-refractivity contribution in [2.45, 2.75) is 0 Å². The highest BCUT2D eigenvalue weighted by atomic mass is 16.4. The number of fused-ring (bicyclic) bond motifs is 12. The molecule has 0 N–H and O–H groups in total. The Bertz CT molecular complexity index is 4530. The molecule has 10 heteroatoms. The van der Waals surface area contributed by atoms with E-state index in [2.05, 4.69) is 146 Å². The van der Waals surface area contributed by atoms with Crippen LogP contribution in [0.1, 0.15) is 0 Å². The summed E-state index contributed by atoms with van der Waals surface area (Å²) in [4.78, 5) is 39.4. The average molecular weight is 945 g/mol. The predicted molar refractivity (Wildman–Crippen MR) is 292 cm³/mol. The maximum atomic E-state index is 12.3. The molecular weight excluding hydrogens is 909 g/mol. The number of anilines is 3. The summed E-state index contributed by atoms with van der Waals surface area (Å²) in [6.07, 6.45) is 0. The molecule has 6 heterocycles. The SMILES string of the molecule is O=c1ccc2ccc(-n3c4ccccc4c4cc(N(c5ccc6c(c5)c5ccccc5n6-c5ccc6ccc(=O)oc6c5)c5ccc6c(c5)c5ccccc5n6-c5ccc6ccc(=O)oc6c5)ccc43)cc2o1. The molecule has 10 nitrogen and oxygen atoms in total. The molecule has 6 aromatic heterocycles. The normalized spacial score (nSPS) is 12.0. The van der Waals surface area contributed by atoms with Crippen LogP contribution in [0.2, 0.25) is 0 Å². The van der Waals surface area contributed by atoms with Gasteiger partial charge in [-0.3, -0.25) is 0 Å². The van der Waals surface area contributed by atoms with Gasteiger partial charge in [0.2, 0.25) is 0 Å². The van der Waals surface area contributed by atoms with Gasteiger partial charge in [-0.2, -0.15) is 0 Å². The Hall–Kier alpha value is -10.2. The lowest BCUT2D eigenvalue weighted by molar-refractivity contribution is 0.560. The summed E-state index contributed by atoms with van der Waals surface area (Å²) in [5, 5.41) is 8.91. The topological polar surface area (TPSA) is 109 Å². The molecule has 0 spiro atoms. The summed E-state index contributed by atoms with van der Waals surface area (Å²) in [6, 6.07) is 72.6. The molecule has 15 rings (SSSR count). The lowest BCUT2D eigenvalue weighted by atomic mass is 10.1. The zero-order valence-corrected chi connectivity index (χ0v) is 38.5. The van der Waals surface area contributed by atoms with E-state index in [1.165, 1.54) is 18.2 Å². The van der Waals surface area contributed by atoms with Crippen LogP contribution in [-0.2, 0) is 0 Å². The number of rotatable bonds is 6. The van der Waals surface area contributed by atoms with Gasteiger partial charge in [-0.15, -0.1) is 0 Å². The van der Waals surface area contributed by atoms with E-state index in [-0.39, 0.29) is 0 Å². The van der Waals surface area contributed by atoms with Gasteiger partial charge in [0.1, 0.15) is 16.7 Å². The van der Waals surface area contributed by atoms with Crippen LogP contribution >= 0.6 is 0 Å². The van der Waals surface area contributed by atoms with Gasteiger partial charge in [-0.1, -0.05) is 54.6 Å². The monoisotopic (exact) mass is 944 g/mol. The second kappa shape index (κ2) is 15.4. The van der Waals surface area contributed by atoms with Crippen LogP contribution in [0.3, 0.4) is 0 Å². The molecule has 0 amide bonds. The minimum Gasteiger partial charge on any atom is -0.423 e. The fourth-order valence-corrected chi connectivity index (χ4v) is 11.1. The lowest BCUT2D eigenvalue weighted by Crippen LogP contribution is -2.10. The van der Waals surface area contributed by atoms with E-state index in [4.69, 9.17) is 13.3 Å². The smallest absolute Gasteiger partial charge is 0.336 e. The van der Waals surface area contributed by atoms with E-state index in [1.54, 1.807) is 18.2 Å². The zero-order chi connectivity index (χ0) is 48.5. The van der Waals surface area contributed by atoms with E-state index in [9.17, 15) is 14.4 Å². The van der Waals surface area contributed by atoms with E-state index in [0.717, 1.165) is 116 Å². The van der Waals surface area contributed by atoms with Gasteiger partial charge in [0.25, 0.3) is 0 Å². The average Bonchev–Trinajstić information content (AvgIpc) is 4.06. The molecule has 15 aromatic rings. The quantitative estimate of drug-likeness (QED) is 0.153. The molecule has 0 aliphatic heterocycles. The van der Waals surface area contributed by atoms with Crippen LogP contribution in [0.4, 0.5) is 17.1 Å². The third-order valence-corrected chi connectivity index (χ3v) is 14.3. The Morgan fingerprint density at radius 3 is 0.890 bits per heavy atom. The van der Waals surface area contributed by atoms with Crippen molar-refractivity contribution in [1.29, 1.82) is 0 Å². The molecule has 9 aromatic carbocycles. The molecule has 0 aliphatic carbocycles. The Labute approximate surface area is 412 Å². The summed E-state index contributed by atoms with van der Waals surface area (Å²) >= 11 is 0. The maximum absolute atomic E-state index is 12.3. The van der Waals surface area contributed by atoms with Crippen molar-refractivity contribution < 1.29 is 13.3 Å². The third-order valence-electron chi connectivity index (χ3n) is 14.3.